The molecule has 102 valence electrons. The molecule has 0 aliphatic rings. The van der Waals surface area contributed by atoms with Gasteiger partial charge >= 0.3 is 0 Å². The van der Waals surface area contributed by atoms with Crippen molar-refractivity contribution >= 4 is 21.6 Å². The second-order valence-corrected chi connectivity index (χ2v) is 6.92. The van der Waals surface area contributed by atoms with Crippen molar-refractivity contribution in [2.75, 3.05) is 11.6 Å². The molecule has 0 aliphatic carbocycles. The first-order valence-corrected chi connectivity index (χ1v) is 8.20. The first-order chi connectivity index (χ1) is 8.35. The van der Waals surface area contributed by atoms with Crippen molar-refractivity contribution in [1.29, 1.82) is 0 Å². The fourth-order valence-electron chi connectivity index (χ4n) is 1.67. The van der Waals surface area contributed by atoms with E-state index in [4.69, 9.17) is 11.6 Å². The fourth-order valence-corrected chi connectivity index (χ4v) is 3.27. The molecule has 0 bridgehead atoms. The third-order valence-electron chi connectivity index (χ3n) is 2.81. The van der Waals surface area contributed by atoms with Gasteiger partial charge in [-0.2, -0.15) is 0 Å². The average molecular weight is 290 g/mol. The maximum atomic E-state index is 11.6. The van der Waals surface area contributed by atoms with Crippen molar-refractivity contribution in [3.05, 3.63) is 35.4 Å². The highest BCUT2D eigenvalue weighted by atomic mass is 35.5. The highest BCUT2D eigenvalue weighted by Crippen LogP contribution is 2.19. The number of alkyl halides is 1. The lowest BCUT2D eigenvalue weighted by atomic mass is 10.00. The van der Waals surface area contributed by atoms with Gasteiger partial charge in [0.15, 0.2) is 0 Å². The maximum Gasteiger partial charge on any atom is 0.213 e. The Morgan fingerprint density at radius 1 is 1.11 bits per heavy atom. The summed E-state index contributed by atoms with van der Waals surface area (Å²) in [6, 6.07) is 7.75. The van der Waals surface area contributed by atoms with Crippen LogP contribution in [0.3, 0.4) is 0 Å². The molecule has 0 aromatic heterocycles. The molecule has 1 N–H and O–H groups in total. The molecule has 0 amide bonds. The van der Waals surface area contributed by atoms with E-state index in [1.165, 1.54) is 5.56 Å². The molecule has 0 heterocycles. The van der Waals surface area contributed by atoms with Crippen molar-refractivity contribution in [3.63, 3.8) is 0 Å². The van der Waals surface area contributed by atoms with Gasteiger partial charge in [-0.15, -0.1) is 11.6 Å². The summed E-state index contributed by atoms with van der Waals surface area (Å²) in [6.45, 7) is 6.08. The highest BCUT2D eigenvalue weighted by Gasteiger charge is 2.15. The summed E-state index contributed by atoms with van der Waals surface area (Å²) < 4.78 is 25.8. The monoisotopic (exact) mass is 289 g/mol. The van der Waals surface area contributed by atoms with Gasteiger partial charge in [0, 0.05) is 11.9 Å². The summed E-state index contributed by atoms with van der Waals surface area (Å²) in [7, 11) is -3.29. The molecule has 1 aromatic rings. The zero-order chi connectivity index (χ0) is 13.8. The van der Waals surface area contributed by atoms with Crippen LogP contribution in [0.1, 0.15) is 43.9 Å². The second-order valence-electron chi connectivity index (χ2n) is 4.67. The molecule has 0 aliphatic heterocycles. The van der Waals surface area contributed by atoms with Gasteiger partial charge in [-0.05, 0) is 24.0 Å². The van der Waals surface area contributed by atoms with E-state index in [1.54, 1.807) is 0 Å². The Morgan fingerprint density at radius 2 is 1.61 bits per heavy atom. The summed E-state index contributed by atoms with van der Waals surface area (Å²) in [5, 5.41) is 0. The first kappa shape index (κ1) is 15.5. The van der Waals surface area contributed by atoms with Crippen LogP contribution in [0.5, 0.6) is 0 Å². The van der Waals surface area contributed by atoms with E-state index in [9.17, 15) is 8.42 Å². The molecule has 1 rings (SSSR count). The summed E-state index contributed by atoms with van der Waals surface area (Å²) in [5.74, 6) is 0.527. The molecule has 0 saturated carbocycles. The van der Waals surface area contributed by atoms with E-state index in [-0.39, 0.29) is 17.7 Å². The molecule has 0 spiro atoms. The van der Waals surface area contributed by atoms with Gasteiger partial charge in [0.1, 0.15) is 0 Å². The van der Waals surface area contributed by atoms with Crippen LogP contribution >= 0.6 is 11.6 Å². The predicted molar refractivity (Wildman–Crippen MR) is 76.6 cm³/mol. The molecule has 18 heavy (non-hydrogen) atoms. The van der Waals surface area contributed by atoms with Gasteiger partial charge in [0.2, 0.25) is 10.0 Å². The van der Waals surface area contributed by atoms with E-state index in [0.29, 0.717) is 5.92 Å². The minimum absolute atomic E-state index is 0.0526. The molecule has 1 unspecified atom stereocenters. The largest absolute Gasteiger partial charge is 0.213 e. The number of halogens is 1. The third kappa shape index (κ3) is 4.59. The number of nitrogens with one attached hydrogen (secondary N) is 1. The van der Waals surface area contributed by atoms with Gasteiger partial charge in [0.05, 0.1) is 5.75 Å². The standard InChI is InChI=1S/C13H20ClNO2S/c1-10(2)12-4-6-13(7-5-12)11(3)15-18(16,17)9-8-14/h4-7,10-11,15H,8-9H2,1-3H3. The van der Waals surface area contributed by atoms with Crippen molar-refractivity contribution < 1.29 is 8.42 Å². The Morgan fingerprint density at radius 3 is 2.06 bits per heavy atom. The predicted octanol–water partition coefficient (Wildman–Crippen LogP) is 3.03. The summed E-state index contributed by atoms with van der Waals surface area (Å²) in [4.78, 5) is 0. The van der Waals surface area contributed by atoms with Crippen LogP contribution in [-0.4, -0.2) is 20.1 Å². The quantitative estimate of drug-likeness (QED) is 0.818. The normalized spacial score (nSPS) is 13.8. The van der Waals surface area contributed by atoms with Gasteiger partial charge in [-0.25, -0.2) is 13.1 Å². The smallest absolute Gasteiger partial charge is 0.212 e. The minimum Gasteiger partial charge on any atom is -0.212 e. The topological polar surface area (TPSA) is 46.2 Å². The molecule has 1 aromatic carbocycles. The fraction of sp³-hybridized carbons (Fsp3) is 0.538. The van der Waals surface area contributed by atoms with Crippen LogP contribution in [0.2, 0.25) is 0 Å². The lowest BCUT2D eigenvalue weighted by Gasteiger charge is -2.15. The van der Waals surface area contributed by atoms with Crippen molar-refractivity contribution in [1.82, 2.24) is 4.72 Å². The van der Waals surface area contributed by atoms with Gasteiger partial charge in [-0.3, -0.25) is 0 Å². The van der Waals surface area contributed by atoms with Gasteiger partial charge in [0.25, 0.3) is 0 Å². The number of hydrogen-bond donors (Lipinski definition) is 1. The first-order valence-electron chi connectivity index (χ1n) is 6.01. The van der Waals surface area contributed by atoms with Crippen LogP contribution in [0.4, 0.5) is 0 Å². The van der Waals surface area contributed by atoms with E-state index in [2.05, 4.69) is 18.6 Å². The lowest BCUT2D eigenvalue weighted by molar-refractivity contribution is 0.568. The Labute approximate surface area is 115 Å². The zero-order valence-electron chi connectivity index (χ0n) is 11.0. The number of benzene rings is 1. The second kappa shape index (κ2) is 6.55. The SMILES string of the molecule is CC(C)c1ccc(C(C)NS(=O)(=O)CCCl)cc1. The average Bonchev–Trinajstić information content (AvgIpc) is 2.28. The van der Waals surface area contributed by atoms with Gasteiger partial charge < -0.3 is 0 Å². The molecule has 0 fully saturated rings. The number of hydrogen-bond acceptors (Lipinski definition) is 2. The maximum absolute atomic E-state index is 11.6. The molecule has 5 heteroatoms. The van der Waals surface area contributed by atoms with E-state index < -0.39 is 10.0 Å². The molecule has 0 saturated heterocycles. The van der Waals surface area contributed by atoms with Gasteiger partial charge in [-0.1, -0.05) is 38.1 Å². The number of rotatable bonds is 6. The van der Waals surface area contributed by atoms with E-state index in [0.717, 1.165) is 5.56 Å². The molecular formula is C13H20ClNO2S. The Balaban J connectivity index is 2.76. The summed E-state index contributed by atoms with van der Waals surface area (Å²) >= 11 is 5.45. The van der Waals surface area contributed by atoms with E-state index in [1.807, 2.05) is 31.2 Å². The van der Waals surface area contributed by atoms with Crippen LogP contribution < -0.4 is 4.72 Å². The minimum atomic E-state index is -3.29. The van der Waals surface area contributed by atoms with Crippen molar-refractivity contribution in [2.24, 2.45) is 0 Å². The molecule has 0 radical (unpaired) electrons. The zero-order valence-corrected chi connectivity index (χ0v) is 12.6. The Hall–Kier alpha value is -0.580. The summed E-state index contributed by atoms with van der Waals surface area (Å²) in [5.41, 5.74) is 2.20. The van der Waals surface area contributed by atoms with E-state index >= 15 is 0 Å². The Kier molecular flexibility index (Phi) is 5.63. The van der Waals surface area contributed by atoms with Crippen LogP contribution in [0.25, 0.3) is 0 Å². The van der Waals surface area contributed by atoms with Crippen LogP contribution in [0, 0.1) is 0 Å². The summed E-state index contributed by atoms with van der Waals surface area (Å²) in [6.07, 6.45) is 0. The Bertz CT molecular complexity index is 468. The third-order valence-corrected chi connectivity index (χ3v) is 4.67. The molecule has 1 atom stereocenters. The molecular weight excluding hydrogens is 270 g/mol. The lowest BCUT2D eigenvalue weighted by Crippen LogP contribution is -2.29. The van der Waals surface area contributed by atoms with Crippen LogP contribution in [0.15, 0.2) is 24.3 Å². The molecule has 3 nitrogen and oxygen atoms in total. The van der Waals surface area contributed by atoms with Crippen LogP contribution in [-0.2, 0) is 10.0 Å². The van der Waals surface area contributed by atoms with Crippen molar-refractivity contribution in [3.8, 4) is 0 Å². The highest BCUT2D eigenvalue weighted by molar-refractivity contribution is 7.89. The number of sulfonamides is 1. The van der Waals surface area contributed by atoms with Crippen molar-refractivity contribution in [2.45, 2.75) is 32.7 Å².